The van der Waals surface area contributed by atoms with Crippen LogP contribution < -0.4 is 0 Å². The van der Waals surface area contributed by atoms with E-state index in [1.165, 1.54) is 11.0 Å². The molecule has 1 unspecified atom stereocenters. The summed E-state index contributed by atoms with van der Waals surface area (Å²) in [6, 6.07) is 3.57. The predicted octanol–water partition coefficient (Wildman–Crippen LogP) is 0.913. The summed E-state index contributed by atoms with van der Waals surface area (Å²) in [6.45, 7) is 2.51. The molecule has 2 rings (SSSR count). The van der Waals surface area contributed by atoms with Crippen molar-refractivity contribution in [2.75, 3.05) is 19.7 Å². The highest BCUT2D eigenvalue weighted by atomic mass is 16.5. The first-order chi connectivity index (χ1) is 9.06. The number of furan rings is 1. The Morgan fingerprint density at radius 1 is 1.47 bits per heavy atom. The van der Waals surface area contributed by atoms with Gasteiger partial charge in [-0.25, -0.2) is 4.79 Å². The van der Waals surface area contributed by atoms with Gasteiger partial charge in [0.1, 0.15) is 11.5 Å². The Labute approximate surface area is 110 Å². The molecule has 0 spiro atoms. The fourth-order valence-corrected chi connectivity index (χ4v) is 1.80. The number of amides is 1. The van der Waals surface area contributed by atoms with E-state index in [0.29, 0.717) is 12.3 Å². The number of carboxylic acids is 1. The second-order valence-electron chi connectivity index (χ2n) is 4.26. The molecule has 1 aromatic rings. The van der Waals surface area contributed by atoms with Gasteiger partial charge in [-0.3, -0.25) is 4.79 Å². The maximum absolute atomic E-state index is 11.9. The molecule has 0 bridgehead atoms. The van der Waals surface area contributed by atoms with E-state index in [1.54, 1.807) is 18.2 Å². The molecule has 6 heteroatoms. The predicted molar refractivity (Wildman–Crippen MR) is 66.4 cm³/mol. The van der Waals surface area contributed by atoms with E-state index < -0.39 is 12.1 Å². The van der Waals surface area contributed by atoms with Gasteiger partial charge < -0.3 is 19.2 Å². The molecule has 1 N–H and O–H groups in total. The lowest BCUT2D eigenvalue weighted by Gasteiger charge is -2.29. The summed E-state index contributed by atoms with van der Waals surface area (Å²) in [7, 11) is 0. The summed E-state index contributed by atoms with van der Waals surface area (Å²) in [5.74, 6) is 0.0602. The third kappa shape index (κ3) is 3.45. The van der Waals surface area contributed by atoms with E-state index in [1.807, 2.05) is 6.92 Å². The SMILES string of the molecule is Cc1ccc(/C=C/C(=O)N2CCOC(C(=O)O)C2)o1. The Morgan fingerprint density at radius 2 is 2.26 bits per heavy atom. The minimum absolute atomic E-state index is 0.0652. The molecular weight excluding hydrogens is 250 g/mol. The Hall–Kier alpha value is -2.08. The number of nitrogens with zero attached hydrogens (tertiary/aromatic N) is 1. The van der Waals surface area contributed by atoms with Crippen molar-refractivity contribution in [2.45, 2.75) is 13.0 Å². The molecule has 0 radical (unpaired) electrons. The van der Waals surface area contributed by atoms with Crippen LogP contribution in [0.3, 0.4) is 0 Å². The minimum Gasteiger partial charge on any atom is -0.479 e. The van der Waals surface area contributed by atoms with Crippen molar-refractivity contribution in [1.82, 2.24) is 4.90 Å². The third-order valence-electron chi connectivity index (χ3n) is 2.80. The molecule has 1 aliphatic rings. The smallest absolute Gasteiger partial charge is 0.334 e. The topological polar surface area (TPSA) is 80.0 Å². The number of hydrogen-bond acceptors (Lipinski definition) is 4. The molecule has 0 aromatic carbocycles. The van der Waals surface area contributed by atoms with E-state index in [2.05, 4.69) is 0 Å². The van der Waals surface area contributed by atoms with Gasteiger partial charge >= 0.3 is 5.97 Å². The zero-order chi connectivity index (χ0) is 13.8. The largest absolute Gasteiger partial charge is 0.479 e. The fourth-order valence-electron chi connectivity index (χ4n) is 1.80. The molecule has 1 aliphatic heterocycles. The molecule has 1 atom stereocenters. The van der Waals surface area contributed by atoms with E-state index >= 15 is 0 Å². The van der Waals surface area contributed by atoms with Crippen molar-refractivity contribution in [1.29, 1.82) is 0 Å². The molecule has 19 heavy (non-hydrogen) atoms. The summed E-state index contributed by atoms with van der Waals surface area (Å²) in [5.41, 5.74) is 0. The van der Waals surface area contributed by atoms with Gasteiger partial charge in [-0.2, -0.15) is 0 Å². The Kier molecular flexibility index (Phi) is 4.01. The fraction of sp³-hybridized carbons (Fsp3) is 0.385. The van der Waals surface area contributed by atoms with Crippen LogP contribution in [0.1, 0.15) is 11.5 Å². The normalized spacial score (nSPS) is 19.8. The maximum Gasteiger partial charge on any atom is 0.334 e. The molecule has 6 nitrogen and oxygen atoms in total. The van der Waals surface area contributed by atoms with Crippen LogP contribution in [0.5, 0.6) is 0 Å². The zero-order valence-corrected chi connectivity index (χ0v) is 10.5. The van der Waals surface area contributed by atoms with Gasteiger partial charge in [0.2, 0.25) is 5.91 Å². The Bertz CT molecular complexity index is 505. The van der Waals surface area contributed by atoms with Crippen molar-refractivity contribution >= 4 is 18.0 Å². The van der Waals surface area contributed by atoms with Crippen LogP contribution >= 0.6 is 0 Å². The second-order valence-corrected chi connectivity index (χ2v) is 4.26. The standard InChI is InChI=1S/C13H15NO5/c1-9-2-3-10(19-9)4-5-12(15)14-6-7-18-11(8-14)13(16)17/h2-5,11H,6-8H2,1H3,(H,16,17)/b5-4+. The monoisotopic (exact) mass is 265 g/mol. The molecule has 1 saturated heterocycles. The number of ether oxygens (including phenoxy) is 1. The zero-order valence-electron chi connectivity index (χ0n) is 10.5. The number of aliphatic carboxylic acids is 1. The van der Waals surface area contributed by atoms with E-state index in [0.717, 1.165) is 5.76 Å². The molecule has 1 aromatic heterocycles. The van der Waals surface area contributed by atoms with Crippen molar-refractivity contribution < 1.29 is 23.8 Å². The van der Waals surface area contributed by atoms with Crippen LogP contribution in [-0.2, 0) is 14.3 Å². The highest BCUT2D eigenvalue weighted by molar-refractivity contribution is 5.92. The van der Waals surface area contributed by atoms with Gasteiger partial charge in [0.25, 0.3) is 0 Å². The summed E-state index contributed by atoms with van der Waals surface area (Å²) in [6.07, 6.45) is 2.00. The van der Waals surface area contributed by atoms with Gasteiger partial charge in [0.05, 0.1) is 13.2 Å². The summed E-state index contributed by atoms with van der Waals surface area (Å²) in [4.78, 5) is 24.2. The Morgan fingerprint density at radius 3 is 2.89 bits per heavy atom. The van der Waals surface area contributed by atoms with Crippen molar-refractivity contribution in [2.24, 2.45) is 0 Å². The number of aryl methyl sites for hydroxylation is 1. The summed E-state index contributed by atoms with van der Waals surface area (Å²) in [5, 5.41) is 8.85. The first-order valence-electron chi connectivity index (χ1n) is 5.94. The number of carbonyl (C=O) groups is 2. The van der Waals surface area contributed by atoms with Crippen LogP contribution in [0.25, 0.3) is 6.08 Å². The molecule has 1 fully saturated rings. The van der Waals surface area contributed by atoms with Gasteiger partial charge in [0.15, 0.2) is 6.10 Å². The lowest BCUT2D eigenvalue weighted by atomic mass is 10.2. The highest BCUT2D eigenvalue weighted by Crippen LogP contribution is 2.10. The number of carboxylic acid groups (broad SMARTS) is 1. The molecule has 1 amide bonds. The summed E-state index contributed by atoms with van der Waals surface area (Å²) < 4.78 is 10.4. The average molecular weight is 265 g/mol. The average Bonchev–Trinajstić information content (AvgIpc) is 2.82. The molecule has 2 heterocycles. The number of morpholine rings is 1. The van der Waals surface area contributed by atoms with Crippen LogP contribution in [-0.4, -0.2) is 47.7 Å². The van der Waals surface area contributed by atoms with Crippen molar-refractivity contribution in [3.8, 4) is 0 Å². The molecule has 0 aliphatic carbocycles. The van der Waals surface area contributed by atoms with Gasteiger partial charge in [-0.05, 0) is 25.1 Å². The van der Waals surface area contributed by atoms with E-state index in [4.69, 9.17) is 14.3 Å². The van der Waals surface area contributed by atoms with Crippen molar-refractivity contribution in [3.05, 3.63) is 29.7 Å². The van der Waals surface area contributed by atoms with Crippen LogP contribution in [0, 0.1) is 6.92 Å². The minimum atomic E-state index is -1.05. The van der Waals surface area contributed by atoms with Gasteiger partial charge in [-0.15, -0.1) is 0 Å². The molecule has 102 valence electrons. The highest BCUT2D eigenvalue weighted by Gasteiger charge is 2.27. The first-order valence-corrected chi connectivity index (χ1v) is 5.94. The number of hydrogen-bond donors (Lipinski definition) is 1. The number of rotatable bonds is 3. The molecule has 0 saturated carbocycles. The quantitative estimate of drug-likeness (QED) is 0.822. The van der Waals surface area contributed by atoms with E-state index in [-0.39, 0.29) is 19.1 Å². The summed E-state index contributed by atoms with van der Waals surface area (Å²) >= 11 is 0. The third-order valence-corrected chi connectivity index (χ3v) is 2.80. The second kappa shape index (κ2) is 5.71. The number of carbonyl (C=O) groups excluding carboxylic acids is 1. The van der Waals surface area contributed by atoms with Gasteiger partial charge in [0, 0.05) is 12.6 Å². The lowest BCUT2D eigenvalue weighted by Crippen LogP contribution is -2.48. The first kappa shape index (κ1) is 13.4. The van der Waals surface area contributed by atoms with Crippen LogP contribution in [0.4, 0.5) is 0 Å². The van der Waals surface area contributed by atoms with Gasteiger partial charge in [-0.1, -0.05) is 0 Å². The van der Waals surface area contributed by atoms with Crippen LogP contribution in [0.2, 0.25) is 0 Å². The lowest BCUT2D eigenvalue weighted by molar-refractivity contribution is -0.158. The Balaban J connectivity index is 1.96. The maximum atomic E-state index is 11.9. The van der Waals surface area contributed by atoms with Crippen molar-refractivity contribution in [3.63, 3.8) is 0 Å². The molecular formula is C13H15NO5. The van der Waals surface area contributed by atoms with E-state index in [9.17, 15) is 9.59 Å². The van der Waals surface area contributed by atoms with Crippen LogP contribution in [0.15, 0.2) is 22.6 Å².